The van der Waals surface area contributed by atoms with E-state index < -0.39 is 0 Å². The highest BCUT2D eigenvalue weighted by atomic mass is 16.5. The third-order valence-corrected chi connectivity index (χ3v) is 4.82. The van der Waals surface area contributed by atoms with E-state index in [9.17, 15) is 4.79 Å². The lowest BCUT2D eigenvalue weighted by atomic mass is 10.1. The van der Waals surface area contributed by atoms with Crippen molar-refractivity contribution in [2.75, 3.05) is 45.9 Å². The summed E-state index contributed by atoms with van der Waals surface area (Å²) in [5.74, 6) is 1.59. The fraction of sp³-hybridized carbons (Fsp3) is 0.556. The van der Waals surface area contributed by atoms with Gasteiger partial charge in [-0.15, -0.1) is 0 Å². The number of aromatic nitrogens is 2. The van der Waals surface area contributed by atoms with E-state index in [1.165, 1.54) is 0 Å². The largest absolute Gasteiger partial charge is 0.395 e. The molecule has 1 aliphatic heterocycles. The molecular weight excluding hydrogens is 320 g/mol. The van der Waals surface area contributed by atoms with Crippen LogP contribution in [-0.2, 0) is 0 Å². The summed E-state index contributed by atoms with van der Waals surface area (Å²) in [4.78, 5) is 17.2. The van der Waals surface area contributed by atoms with Gasteiger partial charge < -0.3 is 9.63 Å². The molecule has 0 radical (unpaired) electrons. The SMILES string of the molecule is Cc1cc(-n2c(C)cc(C(=O)CN3CCN(CCO)CC3)c2C)no1. The second kappa shape index (κ2) is 7.51. The topological polar surface area (TPSA) is 74.7 Å². The van der Waals surface area contributed by atoms with Crippen LogP contribution in [0.1, 0.15) is 27.5 Å². The van der Waals surface area contributed by atoms with E-state index >= 15 is 0 Å². The number of carbonyl (C=O) groups is 1. The number of nitrogens with zero attached hydrogens (tertiary/aromatic N) is 4. The molecule has 0 saturated carbocycles. The van der Waals surface area contributed by atoms with E-state index in [1.807, 2.05) is 37.5 Å². The summed E-state index contributed by atoms with van der Waals surface area (Å²) in [7, 11) is 0. The maximum atomic E-state index is 12.8. The predicted molar refractivity (Wildman–Crippen MR) is 94.3 cm³/mol. The maximum Gasteiger partial charge on any atom is 0.180 e. The second-order valence-corrected chi connectivity index (χ2v) is 6.68. The number of ketones is 1. The molecule has 0 atom stereocenters. The highest BCUT2D eigenvalue weighted by Gasteiger charge is 2.22. The molecule has 25 heavy (non-hydrogen) atoms. The van der Waals surface area contributed by atoms with Gasteiger partial charge in [-0.3, -0.25) is 19.2 Å². The Bertz CT molecular complexity index is 742. The summed E-state index contributed by atoms with van der Waals surface area (Å²) in [6, 6.07) is 3.80. The number of carbonyl (C=O) groups excluding carboxylic acids is 1. The lowest BCUT2D eigenvalue weighted by Gasteiger charge is -2.33. The molecule has 1 aliphatic rings. The Labute approximate surface area is 147 Å². The normalized spacial score (nSPS) is 16.5. The van der Waals surface area contributed by atoms with Gasteiger partial charge in [-0.25, -0.2) is 0 Å². The molecule has 1 fully saturated rings. The Morgan fingerprint density at radius 3 is 2.44 bits per heavy atom. The molecule has 1 N–H and O–H groups in total. The van der Waals surface area contributed by atoms with Gasteiger partial charge in [0.1, 0.15) is 5.76 Å². The fourth-order valence-corrected chi connectivity index (χ4v) is 3.46. The standard InChI is InChI=1S/C18H26N4O3/c1-13-10-16(15(3)22(13)18-11-14(2)25-19-18)17(24)12-21-6-4-20(5-7-21)8-9-23/h10-11,23H,4-9,12H2,1-3H3. The maximum absolute atomic E-state index is 12.8. The number of rotatable bonds is 6. The molecule has 7 nitrogen and oxygen atoms in total. The zero-order valence-electron chi connectivity index (χ0n) is 15.2. The minimum atomic E-state index is 0.134. The van der Waals surface area contributed by atoms with Crippen LogP contribution in [0.4, 0.5) is 0 Å². The average Bonchev–Trinajstić information content (AvgIpc) is 3.12. The van der Waals surface area contributed by atoms with E-state index in [1.54, 1.807) is 0 Å². The van der Waals surface area contributed by atoms with Gasteiger partial charge in [0.25, 0.3) is 0 Å². The van der Waals surface area contributed by atoms with Gasteiger partial charge in [0.2, 0.25) is 0 Å². The van der Waals surface area contributed by atoms with Crippen molar-refractivity contribution in [1.82, 2.24) is 19.5 Å². The number of aryl methyl sites for hydroxylation is 2. The number of aliphatic hydroxyl groups is 1. The summed E-state index contributed by atoms with van der Waals surface area (Å²) in [5.41, 5.74) is 2.62. The van der Waals surface area contributed by atoms with Crippen LogP contribution in [0.2, 0.25) is 0 Å². The van der Waals surface area contributed by atoms with Crippen LogP contribution in [0, 0.1) is 20.8 Å². The van der Waals surface area contributed by atoms with Crippen molar-refractivity contribution in [2.45, 2.75) is 20.8 Å². The number of β-amino-alcohol motifs (C(OH)–C–C–N with tert-alkyl or cyclic N) is 1. The lowest BCUT2D eigenvalue weighted by molar-refractivity contribution is 0.0822. The van der Waals surface area contributed by atoms with Gasteiger partial charge >= 0.3 is 0 Å². The first-order valence-corrected chi connectivity index (χ1v) is 8.71. The Balaban J connectivity index is 1.69. The van der Waals surface area contributed by atoms with Crippen molar-refractivity contribution in [2.24, 2.45) is 0 Å². The quantitative estimate of drug-likeness (QED) is 0.792. The number of piperazine rings is 1. The predicted octanol–water partition coefficient (Wildman–Crippen LogP) is 1.18. The van der Waals surface area contributed by atoms with Crippen molar-refractivity contribution < 1.29 is 14.4 Å². The van der Waals surface area contributed by atoms with E-state index in [0.717, 1.165) is 48.9 Å². The van der Waals surface area contributed by atoms with Crippen LogP contribution in [-0.4, -0.2) is 76.3 Å². The number of aliphatic hydroxyl groups excluding tert-OH is 1. The van der Waals surface area contributed by atoms with Crippen LogP contribution in [0.15, 0.2) is 16.7 Å². The van der Waals surface area contributed by atoms with Gasteiger partial charge in [0.05, 0.1) is 13.2 Å². The summed E-state index contributed by atoms with van der Waals surface area (Å²) < 4.78 is 7.12. The van der Waals surface area contributed by atoms with Crippen molar-refractivity contribution in [1.29, 1.82) is 0 Å². The Morgan fingerprint density at radius 2 is 1.84 bits per heavy atom. The van der Waals surface area contributed by atoms with Crippen LogP contribution in [0.3, 0.4) is 0 Å². The Morgan fingerprint density at radius 1 is 1.16 bits per heavy atom. The highest BCUT2D eigenvalue weighted by Crippen LogP contribution is 2.21. The summed E-state index contributed by atoms with van der Waals surface area (Å²) in [5, 5.41) is 13.1. The minimum absolute atomic E-state index is 0.134. The molecule has 2 aromatic heterocycles. The second-order valence-electron chi connectivity index (χ2n) is 6.68. The first-order valence-electron chi connectivity index (χ1n) is 8.71. The van der Waals surface area contributed by atoms with Crippen LogP contribution in [0.25, 0.3) is 5.82 Å². The molecular formula is C18H26N4O3. The Hall–Kier alpha value is -1.96. The fourth-order valence-electron chi connectivity index (χ4n) is 3.46. The average molecular weight is 346 g/mol. The summed E-state index contributed by atoms with van der Waals surface area (Å²) >= 11 is 0. The summed E-state index contributed by atoms with van der Waals surface area (Å²) in [6.07, 6.45) is 0. The monoisotopic (exact) mass is 346 g/mol. The molecule has 3 rings (SSSR count). The van der Waals surface area contributed by atoms with Crippen molar-refractivity contribution in [3.05, 3.63) is 34.8 Å². The first-order chi connectivity index (χ1) is 12.0. The van der Waals surface area contributed by atoms with Gasteiger partial charge in [-0.1, -0.05) is 5.16 Å². The highest BCUT2D eigenvalue weighted by molar-refractivity contribution is 5.99. The molecule has 0 aromatic carbocycles. The van der Waals surface area contributed by atoms with E-state index in [0.29, 0.717) is 18.9 Å². The lowest BCUT2D eigenvalue weighted by Crippen LogP contribution is -2.48. The van der Waals surface area contributed by atoms with E-state index in [2.05, 4.69) is 15.0 Å². The van der Waals surface area contributed by atoms with Crippen LogP contribution in [0.5, 0.6) is 0 Å². The number of Topliss-reactive ketones (excluding diaryl/α,β-unsaturated/α-hetero) is 1. The number of hydrogen-bond acceptors (Lipinski definition) is 6. The van der Waals surface area contributed by atoms with Crippen LogP contribution < -0.4 is 0 Å². The van der Waals surface area contributed by atoms with Crippen molar-refractivity contribution >= 4 is 5.78 Å². The van der Waals surface area contributed by atoms with Gasteiger partial charge in [0.15, 0.2) is 11.6 Å². The van der Waals surface area contributed by atoms with Gasteiger partial charge in [0, 0.05) is 55.7 Å². The zero-order chi connectivity index (χ0) is 18.0. The van der Waals surface area contributed by atoms with Crippen LogP contribution >= 0.6 is 0 Å². The third-order valence-electron chi connectivity index (χ3n) is 4.82. The molecule has 1 saturated heterocycles. The molecule has 7 heteroatoms. The van der Waals surface area contributed by atoms with E-state index in [-0.39, 0.29) is 12.4 Å². The summed E-state index contributed by atoms with van der Waals surface area (Å²) in [6.45, 7) is 10.6. The zero-order valence-corrected chi connectivity index (χ0v) is 15.2. The smallest absolute Gasteiger partial charge is 0.180 e. The third kappa shape index (κ3) is 3.84. The molecule has 136 valence electrons. The molecule has 3 heterocycles. The van der Waals surface area contributed by atoms with E-state index in [4.69, 9.17) is 9.63 Å². The molecule has 0 unspecified atom stereocenters. The molecule has 0 aliphatic carbocycles. The first kappa shape index (κ1) is 17.8. The van der Waals surface area contributed by atoms with Crippen molar-refractivity contribution in [3.8, 4) is 5.82 Å². The number of hydrogen-bond donors (Lipinski definition) is 1. The molecule has 0 amide bonds. The molecule has 0 spiro atoms. The molecule has 0 bridgehead atoms. The van der Waals surface area contributed by atoms with Gasteiger partial charge in [-0.2, -0.15) is 0 Å². The minimum Gasteiger partial charge on any atom is -0.395 e. The van der Waals surface area contributed by atoms with Gasteiger partial charge in [-0.05, 0) is 26.8 Å². The Kier molecular flexibility index (Phi) is 5.36. The molecule has 2 aromatic rings. The van der Waals surface area contributed by atoms with Crippen molar-refractivity contribution in [3.63, 3.8) is 0 Å².